The van der Waals surface area contributed by atoms with Crippen LogP contribution in [0, 0.1) is 22.5 Å². The normalized spacial score (nSPS) is 21.7. The molecule has 0 saturated carbocycles. The quantitative estimate of drug-likeness (QED) is 0.130. The summed E-state index contributed by atoms with van der Waals surface area (Å²) in [5.74, 6) is -3.30. The fraction of sp³-hybridized carbons (Fsp3) is 0.515. The van der Waals surface area contributed by atoms with Gasteiger partial charge < -0.3 is 25.8 Å². The van der Waals surface area contributed by atoms with E-state index in [0.717, 1.165) is 12.1 Å². The van der Waals surface area contributed by atoms with Crippen molar-refractivity contribution in [2.75, 3.05) is 19.6 Å². The first-order valence-corrected chi connectivity index (χ1v) is 15.1. The summed E-state index contributed by atoms with van der Waals surface area (Å²) in [4.78, 5) is 29.3. The number of amides is 2. The van der Waals surface area contributed by atoms with E-state index in [1.54, 1.807) is 17.9 Å². The lowest BCUT2D eigenvalue weighted by Crippen LogP contribution is -2.62. The minimum Gasteiger partial charge on any atom is -0.406 e. The second kappa shape index (κ2) is 15.2. The minimum atomic E-state index is -4.81. The van der Waals surface area contributed by atoms with E-state index < -0.39 is 40.8 Å². The van der Waals surface area contributed by atoms with Gasteiger partial charge in [0.2, 0.25) is 11.8 Å². The Bertz CT molecular complexity index is 1340. The molecule has 45 heavy (non-hydrogen) atoms. The molecule has 0 aromatic heterocycles. The van der Waals surface area contributed by atoms with Gasteiger partial charge in [0.05, 0.1) is 16.9 Å². The average molecular weight is 640 g/mol. The Labute approximate surface area is 260 Å². The maximum atomic E-state index is 14.4. The predicted molar refractivity (Wildman–Crippen MR) is 160 cm³/mol. The molecule has 0 bridgehead atoms. The average Bonchev–Trinajstić information content (AvgIpc) is 2.93. The van der Waals surface area contributed by atoms with E-state index in [-0.39, 0.29) is 43.0 Å². The lowest BCUT2D eigenvalue weighted by molar-refractivity contribution is -0.274. The summed E-state index contributed by atoms with van der Waals surface area (Å²) in [6.45, 7) is 6.98. The van der Waals surface area contributed by atoms with Crippen molar-refractivity contribution in [1.82, 2.24) is 10.2 Å². The lowest BCUT2D eigenvalue weighted by atomic mass is 9.57. The smallest absolute Gasteiger partial charge is 0.406 e. The molecular weight excluding hydrogens is 597 g/mol. The van der Waals surface area contributed by atoms with Crippen molar-refractivity contribution in [2.45, 2.75) is 78.3 Å². The van der Waals surface area contributed by atoms with E-state index in [1.807, 2.05) is 13.8 Å². The van der Waals surface area contributed by atoms with Crippen LogP contribution in [0.5, 0.6) is 5.75 Å². The summed E-state index contributed by atoms with van der Waals surface area (Å²) < 4.78 is 70.1. The summed E-state index contributed by atoms with van der Waals surface area (Å²) in [5.41, 5.74) is 3.92. The van der Waals surface area contributed by atoms with Crippen molar-refractivity contribution in [3.05, 3.63) is 76.9 Å². The summed E-state index contributed by atoms with van der Waals surface area (Å²) in [7, 11) is 0. The Morgan fingerprint density at radius 1 is 1.07 bits per heavy atom. The zero-order valence-electron chi connectivity index (χ0n) is 25.9. The van der Waals surface area contributed by atoms with E-state index in [0.29, 0.717) is 56.1 Å². The van der Waals surface area contributed by atoms with Gasteiger partial charge in [0, 0.05) is 25.7 Å². The molecule has 2 aromatic carbocycles. The highest BCUT2D eigenvalue weighted by Crippen LogP contribution is 2.51. The topological polar surface area (TPSA) is 105 Å². The van der Waals surface area contributed by atoms with Crippen molar-refractivity contribution in [2.24, 2.45) is 16.6 Å². The maximum absolute atomic E-state index is 14.4. The summed E-state index contributed by atoms with van der Waals surface area (Å²) >= 11 is 0. The van der Waals surface area contributed by atoms with Gasteiger partial charge in [0.15, 0.2) is 0 Å². The van der Waals surface area contributed by atoms with Crippen LogP contribution in [-0.4, -0.2) is 53.9 Å². The van der Waals surface area contributed by atoms with Crippen molar-refractivity contribution in [3.8, 4) is 5.75 Å². The highest BCUT2D eigenvalue weighted by atomic mass is 19.4. The highest BCUT2D eigenvalue weighted by molar-refractivity contribution is 5.90. The fourth-order valence-electron chi connectivity index (χ4n) is 6.46. The number of hydrogen-bond acceptors (Lipinski definition) is 5. The molecule has 0 radical (unpaired) electrons. The number of ether oxygens (including phenoxy) is 1. The summed E-state index contributed by atoms with van der Waals surface area (Å²) in [5, 5.41) is 15.3. The third-order valence-corrected chi connectivity index (χ3v) is 8.13. The van der Waals surface area contributed by atoms with Crippen molar-refractivity contribution in [1.29, 1.82) is 0 Å². The molecule has 1 unspecified atom stereocenters. The first-order valence-electron chi connectivity index (χ1n) is 15.1. The summed E-state index contributed by atoms with van der Waals surface area (Å²) in [6.07, 6.45) is -3.27. The van der Waals surface area contributed by atoms with Crippen LogP contribution < -0.4 is 15.8 Å². The Morgan fingerprint density at radius 3 is 2.29 bits per heavy atom. The van der Waals surface area contributed by atoms with Crippen LogP contribution in [0.1, 0.15) is 64.0 Å². The van der Waals surface area contributed by atoms with Crippen molar-refractivity contribution >= 4 is 11.8 Å². The second-order valence-electron chi connectivity index (χ2n) is 11.9. The molecule has 3 atom stereocenters. The Kier molecular flexibility index (Phi) is 12.1. The number of halogens is 5. The molecule has 4 N–H and O–H groups in total. The van der Waals surface area contributed by atoms with E-state index in [2.05, 4.69) is 10.1 Å². The number of primary amides is 1. The molecule has 1 aliphatic rings. The van der Waals surface area contributed by atoms with E-state index in [1.165, 1.54) is 24.3 Å². The van der Waals surface area contributed by atoms with Crippen LogP contribution in [0.15, 0.2) is 54.1 Å². The molecule has 248 valence electrons. The van der Waals surface area contributed by atoms with Crippen LogP contribution in [0.3, 0.4) is 0 Å². The van der Waals surface area contributed by atoms with Crippen molar-refractivity contribution < 1.29 is 41.4 Å². The number of rotatable bonds is 15. The van der Waals surface area contributed by atoms with Gasteiger partial charge in [-0.3, -0.25) is 9.59 Å². The van der Waals surface area contributed by atoms with Gasteiger partial charge in [-0.1, -0.05) is 37.6 Å². The number of aliphatic hydroxyl groups is 1. The van der Waals surface area contributed by atoms with Gasteiger partial charge in [-0.2, -0.15) is 0 Å². The molecule has 3 rings (SSSR count). The number of carbonyl (C=O) groups excluding carboxylic acids is 2. The number of nitrogens with two attached hydrogens (primary N) is 1. The van der Waals surface area contributed by atoms with Crippen LogP contribution in [-0.2, 0) is 22.6 Å². The molecule has 0 spiro atoms. The first-order chi connectivity index (χ1) is 21.2. The first kappa shape index (κ1) is 36.0. The number of allylic oxidation sites excluding steroid dienone is 1. The third kappa shape index (κ3) is 9.03. The Hall–Kier alpha value is -3.51. The van der Waals surface area contributed by atoms with Crippen LogP contribution in [0.25, 0.3) is 0 Å². The number of aliphatic hydroxyl groups excluding tert-OH is 1. The standard InChI is InChI=1S/C33H42F5N3O4/c1-4-12-41(13-5-2)30(44)31(10-7-11-40-21-23-8-6-9-27(16-23)45-33(36,37)38)18-22(3)19-32(28(31)42,29(39)43)20-24-14-25(34)17-26(35)15-24/h6,8-9,14-17,19,28,40,42H,4-5,7,10-13,18,20-21H2,1-3H3,(H2,39,43)/t28-,31?,32-/m1/s1. The van der Waals surface area contributed by atoms with Crippen molar-refractivity contribution in [3.63, 3.8) is 0 Å². The molecule has 2 amide bonds. The zero-order chi connectivity index (χ0) is 33.4. The number of alkyl halides is 3. The molecule has 0 fully saturated rings. The molecule has 7 nitrogen and oxygen atoms in total. The summed E-state index contributed by atoms with van der Waals surface area (Å²) in [6, 6.07) is 8.41. The molecule has 0 heterocycles. The van der Waals surface area contributed by atoms with E-state index in [9.17, 15) is 36.6 Å². The number of hydrogen-bond donors (Lipinski definition) is 3. The predicted octanol–water partition coefficient (Wildman–Crippen LogP) is 5.79. The van der Waals surface area contributed by atoms with Crippen LogP contribution in [0.2, 0.25) is 0 Å². The molecule has 0 aliphatic heterocycles. The molecule has 1 aliphatic carbocycles. The van der Waals surface area contributed by atoms with E-state index >= 15 is 0 Å². The van der Waals surface area contributed by atoms with Crippen LogP contribution in [0.4, 0.5) is 22.0 Å². The van der Waals surface area contributed by atoms with Gasteiger partial charge in [0.25, 0.3) is 0 Å². The SMILES string of the molecule is CCCN(CCC)C(=O)C1(CCCNCc2cccc(OC(F)(F)F)c2)CC(C)=C[C@](Cc2cc(F)cc(F)c2)(C(N)=O)[C@@H]1O. The van der Waals surface area contributed by atoms with Crippen LogP contribution >= 0.6 is 0 Å². The highest BCUT2D eigenvalue weighted by Gasteiger charge is 2.59. The van der Waals surface area contributed by atoms with Gasteiger partial charge in [-0.15, -0.1) is 13.2 Å². The number of nitrogens with zero attached hydrogens (tertiary/aromatic N) is 1. The monoisotopic (exact) mass is 639 g/mol. The number of carbonyl (C=O) groups is 2. The molecule has 0 saturated heterocycles. The van der Waals surface area contributed by atoms with Gasteiger partial charge in [-0.25, -0.2) is 8.78 Å². The largest absolute Gasteiger partial charge is 0.573 e. The van der Waals surface area contributed by atoms with Gasteiger partial charge in [0.1, 0.15) is 17.4 Å². The fourth-order valence-corrected chi connectivity index (χ4v) is 6.46. The molecular formula is C33H42F5N3O4. The van der Waals surface area contributed by atoms with Gasteiger partial charge >= 0.3 is 6.36 Å². The molecule has 12 heteroatoms. The maximum Gasteiger partial charge on any atom is 0.573 e. The second-order valence-corrected chi connectivity index (χ2v) is 11.9. The van der Waals surface area contributed by atoms with E-state index in [4.69, 9.17) is 5.73 Å². The Balaban J connectivity index is 1.91. The van der Waals surface area contributed by atoms with Gasteiger partial charge in [-0.05, 0) is 87.4 Å². The lowest BCUT2D eigenvalue weighted by Gasteiger charge is -2.50. The number of benzene rings is 2. The minimum absolute atomic E-state index is 0.107. The number of nitrogens with one attached hydrogen (secondary N) is 1. The molecule has 2 aromatic rings. The third-order valence-electron chi connectivity index (χ3n) is 8.13. The Morgan fingerprint density at radius 2 is 1.71 bits per heavy atom. The zero-order valence-corrected chi connectivity index (χ0v) is 25.9.